The minimum atomic E-state index is -0.762. The topological polar surface area (TPSA) is 133 Å². The number of hydrogen-bond donors (Lipinski definition) is 1. The molecule has 1 amide bonds. The Morgan fingerprint density at radius 3 is 2.96 bits per heavy atom. The molecular formula is C14H11N5O5S. The van der Waals surface area contributed by atoms with Gasteiger partial charge in [-0.1, -0.05) is 11.3 Å². The molecule has 0 radical (unpaired) electrons. The molecule has 1 aromatic carbocycles. The third kappa shape index (κ3) is 3.01. The number of non-ortho nitro benzene ring substituents is 1. The highest BCUT2D eigenvalue weighted by atomic mass is 32.1. The van der Waals surface area contributed by atoms with Crippen molar-refractivity contribution >= 4 is 39.2 Å². The number of nitro groups is 1. The quantitative estimate of drug-likeness (QED) is 0.541. The van der Waals surface area contributed by atoms with E-state index < -0.39 is 16.6 Å². The van der Waals surface area contributed by atoms with Crippen LogP contribution in [0.2, 0.25) is 0 Å². The van der Waals surface area contributed by atoms with E-state index in [0.29, 0.717) is 16.6 Å². The van der Waals surface area contributed by atoms with Gasteiger partial charge in [0, 0.05) is 12.0 Å². The van der Waals surface area contributed by atoms with Crippen molar-refractivity contribution in [3.8, 4) is 0 Å². The molecule has 128 valence electrons. The molecular weight excluding hydrogens is 350 g/mol. The van der Waals surface area contributed by atoms with Gasteiger partial charge in [0.15, 0.2) is 5.58 Å². The number of carbonyl (C=O) groups is 1. The van der Waals surface area contributed by atoms with E-state index in [4.69, 9.17) is 4.42 Å². The fraction of sp³-hybridized carbons (Fsp3) is 0.286. The lowest BCUT2D eigenvalue weighted by molar-refractivity contribution is -0.384. The minimum absolute atomic E-state index is 0.0546. The summed E-state index contributed by atoms with van der Waals surface area (Å²) in [7, 11) is 0. The SMILES string of the molecule is O=C(Cn1c(=O)oc2cc([N+](=O)[O-])ccc21)Nc1nnc(C2CC2)s1. The van der Waals surface area contributed by atoms with Crippen molar-refractivity contribution in [3.05, 3.63) is 43.9 Å². The lowest BCUT2D eigenvalue weighted by atomic mass is 10.3. The Balaban J connectivity index is 1.54. The van der Waals surface area contributed by atoms with E-state index >= 15 is 0 Å². The van der Waals surface area contributed by atoms with Crippen molar-refractivity contribution in [1.29, 1.82) is 0 Å². The number of amides is 1. The maximum atomic E-state index is 12.2. The fourth-order valence-corrected chi connectivity index (χ4v) is 3.33. The van der Waals surface area contributed by atoms with Crippen LogP contribution in [0.1, 0.15) is 23.8 Å². The van der Waals surface area contributed by atoms with Crippen molar-refractivity contribution in [2.45, 2.75) is 25.3 Å². The lowest BCUT2D eigenvalue weighted by Crippen LogP contribution is -2.24. The number of nitrogens with one attached hydrogen (secondary N) is 1. The number of aromatic nitrogens is 3. The van der Waals surface area contributed by atoms with E-state index in [1.807, 2.05) is 0 Å². The summed E-state index contributed by atoms with van der Waals surface area (Å²) in [5.74, 6) is -0.775. The molecule has 0 unspecified atom stereocenters. The number of fused-ring (bicyclic) bond motifs is 1. The Kier molecular flexibility index (Phi) is 3.57. The molecule has 0 bridgehead atoms. The first-order valence-corrected chi connectivity index (χ1v) is 8.24. The molecule has 3 aromatic rings. The number of hydrogen-bond acceptors (Lipinski definition) is 8. The molecule has 0 spiro atoms. The number of oxazole rings is 1. The Morgan fingerprint density at radius 1 is 1.44 bits per heavy atom. The van der Waals surface area contributed by atoms with Crippen LogP contribution in [-0.2, 0) is 11.3 Å². The summed E-state index contributed by atoms with van der Waals surface area (Å²) < 4.78 is 6.09. The van der Waals surface area contributed by atoms with Crippen molar-refractivity contribution in [2.75, 3.05) is 5.32 Å². The molecule has 25 heavy (non-hydrogen) atoms. The van der Waals surface area contributed by atoms with E-state index in [0.717, 1.165) is 28.5 Å². The Hall–Kier alpha value is -3.08. The summed E-state index contributed by atoms with van der Waals surface area (Å²) in [5.41, 5.74) is 0.167. The second-order valence-corrected chi connectivity index (χ2v) is 6.64. The molecule has 0 aliphatic heterocycles. The van der Waals surface area contributed by atoms with Crippen molar-refractivity contribution in [2.24, 2.45) is 0 Å². The average Bonchev–Trinajstić information content (AvgIpc) is 3.25. The zero-order valence-electron chi connectivity index (χ0n) is 12.7. The Bertz CT molecular complexity index is 1050. The van der Waals surface area contributed by atoms with Gasteiger partial charge in [0.1, 0.15) is 11.6 Å². The smallest absolute Gasteiger partial charge is 0.407 e. The molecule has 1 aliphatic carbocycles. The zero-order chi connectivity index (χ0) is 17.6. The van der Waals surface area contributed by atoms with Gasteiger partial charge in [-0.3, -0.25) is 24.8 Å². The van der Waals surface area contributed by atoms with E-state index in [9.17, 15) is 19.7 Å². The third-order valence-electron chi connectivity index (χ3n) is 3.78. The van der Waals surface area contributed by atoms with Crippen LogP contribution in [0.15, 0.2) is 27.4 Å². The number of anilines is 1. The standard InChI is InChI=1S/C14H11N5O5S/c20-11(15-13-17-16-12(25-13)7-1-2-7)6-18-9-4-3-8(19(22)23)5-10(9)24-14(18)21/h3-5,7H,1-2,6H2,(H,15,17,20). The summed E-state index contributed by atoms with van der Waals surface area (Å²) >= 11 is 1.32. The summed E-state index contributed by atoms with van der Waals surface area (Å²) in [5, 5.41) is 22.6. The minimum Gasteiger partial charge on any atom is -0.407 e. The van der Waals surface area contributed by atoms with Gasteiger partial charge in [-0.05, 0) is 18.9 Å². The van der Waals surface area contributed by atoms with Crippen LogP contribution >= 0.6 is 11.3 Å². The van der Waals surface area contributed by atoms with Crippen molar-refractivity contribution in [1.82, 2.24) is 14.8 Å². The monoisotopic (exact) mass is 361 g/mol. The van der Waals surface area contributed by atoms with E-state index in [2.05, 4.69) is 15.5 Å². The predicted molar refractivity (Wildman–Crippen MR) is 87.6 cm³/mol. The maximum absolute atomic E-state index is 12.2. The van der Waals surface area contributed by atoms with Gasteiger partial charge >= 0.3 is 5.76 Å². The van der Waals surface area contributed by atoms with Crippen LogP contribution in [-0.4, -0.2) is 25.6 Å². The summed E-state index contributed by atoms with van der Waals surface area (Å²) in [6, 6.07) is 3.78. The maximum Gasteiger partial charge on any atom is 0.420 e. The fourth-order valence-electron chi connectivity index (χ4n) is 2.40. The summed E-state index contributed by atoms with van der Waals surface area (Å²) in [6.07, 6.45) is 2.18. The predicted octanol–water partition coefficient (Wildman–Crippen LogP) is 1.87. The second-order valence-electron chi connectivity index (χ2n) is 5.63. The van der Waals surface area contributed by atoms with Crippen LogP contribution in [0.5, 0.6) is 0 Å². The van der Waals surface area contributed by atoms with Crippen LogP contribution in [0, 0.1) is 10.1 Å². The molecule has 11 heteroatoms. The molecule has 1 fully saturated rings. The number of carbonyl (C=O) groups excluding carboxylic acids is 1. The van der Waals surface area contributed by atoms with Crippen molar-refractivity contribution < 1.29 is 14.1 Å². The molecule has 10 nitrogen and oxygen atoms in total. The van der Waals surface area contributed by atoms with Gasteiger partial charge in [-0.15, -0.1) is 10.2 Å². The summed E-state index contributed by atoms with van der Waals surface area (Å²) in [4.78, 5) is 34.3. The molecule has 2 aromatic heterocycles. The highest BCUT2D eigenvalue weighted by molar-refractivity contribution is 7.15. The summed E-state index contributed by atoms with van der Waals surface area (Å²) in [6.45, 7) is -0.290. The molecule has 4 rings (SSSR count). The Morgan fingerprint density at radius 2 is 2.24 bits per heavy atom. The van der Waals surface area contributed by atoms with E-state index in [1.54, 1.807) is 0 Å². The first-order chi connectivity index (χ1) is 12.0. The first-order valence-electron chi connectivity index (χ1n) is 7.42. The van der Waals surface area contributed by atoms with E-state index in [1.165, 1.54) is 23.5 Å². The van der Waals surface area contributed by atoms with Crippen LogP contribution in [0.25, 0.3) is 11.1 Å². The normalized spacial score (nSPS) is 13.9. The van der Waals surface area contributed by atoms with Gasteiger partial charge in [-0.2, -0.15) is 0 Å². The molecule has 2 heterocycles. The number of rotatable bonds is 5. The molecule has 1 aliphatic rings. The molecule has 1 saturated carbocycles. The largest absolute Gasteiger partial charge is 0.420 e. The van der Waals surface area contributed by atoms with Gasteiger partial charge in [0.05, 0.1) is 16.5 Å². The molecule has 1 N–H and O–H groups in total. The first kappa shape index (κ1) is 15.4. The van der Waals surface area contributed by atoms with Gasteiger partial charge in [0.25, 0.3) is 5.69 Å². The highest BCUT2D eigenvalue weighted by Gasteiger charge is 2.27. The average molecular weight is 361 g/mol. The van der Waals surface area contributed by atoms with Crippen LogP contribution in [0.4, 0.5) is 10.8 Å². The van der Waals surface area contributed by atoms with E-state index in [-0.39, 0.29) is 17.8 Å². The lowest BCUT2D eigenvalue weighted by Gasteiger charge is -2.02. The molecule has 0 saturated heterocycles. The third-order valence-corrected chi connectivity index (χ3v) is 4.78. The van der Waals surface area contributed by atoms with Gasteiger partial charge in [0.2, 0.25) is 11.0 Å². The Labute approximate surface area is 143 Å². The van der Waals surface area contributed by atoms with Crippen LogP contribution < -0.4 is 11.1 Å². The van der Waals surface area contributed by atoms with Gasteiger partial charge in [-0.25, -0.2) is 4.79 Å². The molecule has 0 atom stereocenters. The van der Waals surface area contributed by atoms with Gasteiger partial charge < -0.3 is 4.42 Å². The second kappa shape index (κ2) is 5.77. The highest BCUT2D eigenvalue weighted by Crippen LogP contribution is 2.42. The van der Waals surface area contributed by atoms with Crippen LogP contribution in [0.3, 0.4) is 0 Å². The number of benzene rings is 1. The van der Waals surface area contributed by atoms with Crippen molar-refractivity contribution in [3.63, 3.8) is 0 Å². The number of nitro benzene ring substituents is 1. The number of nitrogens with zero attached hydrogens (tertiary/aromatic N) is 4. The zero-order valence-corrected chi connectivity index (χ0v) is 13.5.